The lowest BCUT2D eigenvalue weighted by atomic mass is 10.3. The van der Waals surface area contributed by atoms with Crippen LogP contribution in [0.3, 0.4) is 0 Å². The Labute approximate surface area is 134 Å². The van der Waals surface area contributed by atoms with Gasteiger partial charge in [-0.05, 0) is 18.2 Å². The fraction of sp³-hybridized carbons (Fsp3) is 0.286. The average Bonchev–Trinajstić information content (AvgIpc) is 2.92. The summed E-state index contributed by atoms with van der Waals surface area (Å²) in [6.45, 7) is 3.62. The van der Waals surface area contributed by atoms with Crippen molar-refractivity contribution in [1.29, 1.82) is 5.26 Å². The maximum Gasteiger partial charge on any atom is 0.131 e. The molecule has 1 N–H and O–H groups in total. The van der Waals surface area contributed by atoms with E-state index in [9.17, 15) is 5.26 Å². The third-order valence-corrected chi connectivity index (χ3v) is 3.59. The van der Waals surface area contributed by atoms with Crippen LogP contribution in [0.5, 0.6) is 0 Å². The Morgan fingerprint density at radius 1 is 1.29 bits per heavy atom. The van der Waals surface area contributed by atoms with Crippen molar-refractivity contribution in [2.24, 2.45) is 0 Å². The zero-order valence-electron chi connectivity index (χ0n) is 11.3. The predicted octanol–water partition coefficient (Wildman–Crippen LogP) is 2.23. The van der Waals surface area contributed by atoms with E-state index < -0.39 is 0 Å². The Morgan fingerprint density at radius 3 is 2.71 bits per heavy atom. The molecule has 0 spiro atoms. The van der Waals surface area contributed by atoms with Crippen molar-refractivity contribution >= 4 is 29.8 Å². The van der Waals surface area contributed by atoms with E-state index in [1.165, 1.54) is 0 Å². The van der Waals surface area contributed by atoms with Crippen LogP contribution in [-0.2, 0) is 0 Å². The van der Waals surface area contributed by atoms with Crippen LogP contribution in [-0.4, -0.2) is 35.7 Å². The van der Waals surface area contributed by atoms with Crippen molar-refractivity contribution in [3.63, 3.8) is 0 Å². The van der Waals surface area contributed by atoms with Crippen molar-refractivity contribution in [3.8, 4) is 11.8 Å². The Kier molecular flexibility index (Phi) is 5.07. The van der Waals surface area contributed by atoms with E-state index in [2.05, 4.69) is 21.3 Å². The van der Waals surface area contributed by atoms with Gasteiger partial charge in [-0.15, -0.1) is 12.4 Å². The first kappa shape index (κ1) is 15.6. The number of anilines is 1. The molecule has 0 aliphatic carbocycles. The zero-order valence-corrected chi connectivity index (χ0v) is 12.9. The number of nitrogens with zero attached hydrogens (tertiary/aromatic N) is 4. The molecule has 0 saturated carbocycles. The molecule has 2 aromatic rings. The summed E-state index contributed by atoms with van der Waals surface area (Å²) in [5.41, 5.74) is 1.60. The van der Waals surface area contributed by atoms with Crippen molar-refractivity contribution in [3.05, 3.63) is 41.3 Å². The van der Waals surface area contributed by atoms with Gasteiger partial charge in [0.25, 0.3) is 0 Å². The SMILES string of the molecule is Cl.N#Cc1ccn(-c2ccnc(Cl)c2)c1N1CCNCC1. The summed E-state index contributed by atoms with van der Waals surface area (Å²) in [5, 5.41) is 13.1. The minimum absolute atomic E-state index is 0. The van der Waals surface area contributed by atoms with Gasteiger partial charge in [-0.25, -0.2) is 4.98 Å². The molecule has 0 unspecified atom stereocenters. The second-order valence-electron chi connectivity index (χ2n) is 4.61. The van der Waals surface area contributed by atoms with Gasteiger partial charge >= 0.3 is 0 Å². The summed E-state index contributed by atoms with van der Waals surface area (Å²) in [4.78, 5) is 6.22. The Bertz CT molecular complexity index is 656. The molecule has 0 amide bonds. The third-order valence-electron chi connectivity index (χ3n) is 3.38. The lowest BCUT2D eigenvalue weighted by Crippen LogP contribution is -2.44. The van der Waals surface area contributed by atoms with E-state index in [0.29, 0.717) is 10.7 Å². The first-order valence-corrected chi connectivity index (χ1v) is 6.86. The minimum atomic E-state index is 0. The molecule has 0 atom stereocenters. The number of hydrogen-bond acceptors (Lipinski definition) is 4. The van der Waals surface area contributed by atoms with Gasteiger partial charge in [0.2, 0.25) is 0 Å². The molecule has 1 saturated heterocycles. The number of pyridine rings is 1. The van der Waals surface area contributed by atoms with Crippen LogP contribution < -0.4 is 10.2 Å². The molecule has 1 fully saturated rings. The highest BCUT2D eigenvalue weighted by Gasteiger charge is 2.19. The maximum atomic E-state index is 9.32. The van der Waals surface area contributed by atoms with Crippen LogP contribution in [0.15, 0.2) is 30.6 Å². The molecule has 7 heteroatoms. The van der Waals surface area contributed by atoms with E-state index in [1.807, 2.05) is 22.9 Å². The van der Waals surface area contributed by atoms with Gasteiger partial charge in [0, 0.05) is 38.6 Å². The van der Waals surface area contributed by atoms with Crippen molar-refractivity contribution in [2.45, 2.75) is 0 Å². The van der Waals surface area contributed by atoms with Gasteiger partial charge in [0.15, 0.2) is 0 Å². The first-order valence-electron chi connectivity index (χ1n) is 6.48. The third kappa shape index (κ3) is 3.13. The quantitative estimate of drug-likeness (QED) is 0.861. The molecule has 3 rings (SSSR count). The van der Waals surface area contributed by atoms with Crippen LogP contribution in [0.2, 0.25) is 5.15 Å². The molecule has 21 heavy (non-hydrogen) atoms. The summed E-state index contributed by atoms with van der Waals surface area (Å²) >= 11 is 5.96. The molecular weight excluding hydrogens is 309 g/mol. The van der Waals surface area contributed by atoms with Crippen molar-refractivity contribution in [1.82, 2.24) is 14.9 Å². The van der Waals surface area contributed by atoms with E-state index in [4.69, 9.17) is 11.6 Å². The number of halogens is 2. The van der Waals surface area contributed by atoms with Crippen LogP contribution in [0.4, 0.5) is 5.82 Å². The molecule has 2 aromatic heterocycles. The molecule has 110 valence electrons. The largest absolute Gasteiger partial charge is 0.354 e. The molecule has 0 radical (unpaired) electrons. The summed E-state index contributed by atoms with van der Waals surface area (Å²) in [6.07, 6.45) is 3.58. The minimum Gasteiger partial charge on any atom is -0.354 e. The molecule has 1 aliphatic rings. The van der Waals surface area contributed by atoms with E-state index in [-0.39, 0.29) is 12.4 Å². The standard InChI is InChI=1S/C14H14ClN5.ClH/c15-13-9-12(1-3-18-13)20-6-2-11(10-16)14(20)19-7-4-17-5-8-19;/h1-3,6,9,17H,4-5,7-8H2;1H. The summed E-state index contributed by atoms with van der Waals surface area (Å²) in [5.74, 6) is 0.927. The van der Waals surface area contributed by atoms with Crippen LogP contribution in [0, 0.1) is 11.3 Å². The molecule has 3 heterocycles. The lowest BCUT2D eigenvalue weighted by Gasteiger charge is -2.30. The average molecular weight is 324 g/mol. The summed E-state index contributed by atoms with van der Waals surface area (Å²) in [7, 11) is 0. The maximum absolute atomic E-state index is 9.32. The highest BCUT2D eigenvalue weighted by Crippen LogP contribution is 2.26. The molecule has 0 aromatic carbocycles. The highest BCUT2D eigenvalue weighted by molar-refractivity contribution is 6.29. The molecule has 1 aliphatic heterocycles. The Morgan fingerprint density at radius 2 is 2.05 bits per heavy atom. The number of piperazine rings is 1. The second kappa shape index (κ2) is 6.81. The lowest BCUT2D eigenvalue weighted by molar-refractivity contribution is 0.582. The van der Waals surface area contributed by atoms with Gasteiger partial charge in [-0.1, -0.05) is 11.6 Å². The number of aromatic nitrogens is 2. The highest BCUT2D eigenvalue weighted by atomic mass is 35.5. The Hall–Kier alpha value is -1.74. The van der Waals surface area contributed by atoms with E-state index in [0.717, 1.165) is 37.7 Å². The number of rotatable bonds is 2. The van der Waals surface area contributed by atoms with Crippen LogP contribution in [0.25, 0.3) is 5.69 Å². The fourth-order valence-corrected chi connectivity index (χ4v) is 2.63. The van der Waals surface area contributed by atoms with Gasteiger partial charge in [-0.2, -0.15) is 5.26 Å². The number of nitriles is 1. The first-order chi connectivity index (χ1) is 9.79. The number of hydrogen-bond donors (Lipinski definition) is 1. The molecule has 5 nitrogen and oxygen atoms in total. The molecular formula is C14H15Cl2N5. The van der Waals surface area contributed by atoms with Crippen molar-refractivity contribution < 1.29 is 0 Å². The topological polar surface area (TPSA) is 56.9 Å². The van der Waals surface area contributed by atoms with Gasteiger partial charge in [0.1, 0.15) is 17.0 Å². The van der Waals surface area contributed by atoms with E-state index >= 15 is 0 Å². The van der Waals surface area contributed by atoms with Gasteiger partial charge in [-0.3, -0.25) is 0 Å². The monoisotopic (exact) mass is 323 g/mol. The summed E-state index contributed by atoms with van der Waals surface area (Å²) in [6, 6.07) is 7.79. The van der Waals surface area contributed by atoms with Crippen molar-refractivity contribution in [2.75, 3.05) is 31.1 Å². The smallest absolute Gasteiger partial charge is 0.131 e. The van der Waals surface area contributed by atoms with Gasteiger partial charge in [0.05, 0.1) is 11.3 Å². The normalized spacial score (nSPS) is 14.4. The summed E-state index contributed by atoms with van der Waals surface area (Å²) < 4.78 is 2.00. The Balaban J connectivity index is 0.00000161. The molecule has 0 bridgehead atoms. The van der Waals surface area contributed by atoms with Crippen LogP contribution in [0.1, 0.15) is 5.56 Å². The second-order valence-corrected chi connectivity index (χ2v) is 5.00. The van der Waals surface area contributed by atoms with Crippen LogP contribution >= 0.6 is 24.0 Å². The fourth-order valence-electron chi connectivity index (χ4n) is 2.46. The van der Waals surface area contributed by atoms with Gasteiger partial charge < -0.3 is 14.8 Å². The number of nitrogens with one attached hydrogen (secondary N) is 1. The van der Waals surface area contributed by atoms with E-state index in [1.54, 1.807) is 12.3 Å². The predicted molar refractivity (Wildman–Crippen MR) is 85.6 cm³/mol. The zero-order chi connectivity index (χ0) is 13.9.